The fraction of sp³-hybridized carbons (Fsp3) is 0.600. The van der Waals surface area contributed by atoms with Crippen LogP contribution >= 0.6 is 0 Å². The molecule has 0 heterocycles. The monoisotopic (exact) mass is 305 g/mol. The molecule has 1 aromatic rings. The molecule has 0 aromatic heterocycles. The van der Waals surface area contributed by atoms with E-state index in [1.54, 1.807) is 0 Å². The first-order valence-electron chi connectivity index (χ1n) is 7.04. The molecule has 1 atom stereocenters. The summed E-state index contributed by atoms with van der Waals surface area (Å²) >= 11 is 0. The van der Waals surface area contributed by atoms with E-state index in [0.717, 1.165) is 31.4 Å². The van der Waals surface area contributed by atoms with Crippen molar-refractivity contribution in [3.05, 3.63) is 35.1 Å². The summed E-state index contributed by atoms with van der Waals surface area (Å²) in [4.78, 5) is 0. The van der Waals surface area contributed by atoms with Gasteiger partial charge >= 0.3 is 6.18 Å². The number of halogens is 4. The second-order valence-electron chi connectivity index (χ2n) is 5.80. The molecule has 118 valence electrons. The molecule has 1 fully saturated rings. The molecule has 21 heavy (non-hydrogen) atoms. The number of nitrogens with two attached hydrogens (primary N) is 1. The molecule has 0 radical (unpaired) electrons. The normalized spacial score (nSPS) is 20.3. The minimum absolute atomic E-state index is 0.0466. The van der Waals surface area contributed by atoms with E-state index in [4.69, 9.17) is 5.73 Å². The van der Waals surface area contributed by atoms with Crippen LogP contribution in [0.15, 0.2) is 18.2 Å². The van der Waals surface area contributed by atoms with E-state index in [2.05, 4.69) is 0 Å². The Kier molecular flexibility index (Phi) is 4.58. The van der Waals surface area contributed by atoms with Crippen LogP contribution in [0.25, 0.3) is 0 Å². The lowest BCUT2D eigenvalue weighted by Gasteiger charge is -2.40. The molecule has 2 nitrogen and oxygen atoms in total. The van der Waals surface area contributed by atoms with E-state index in [0.29, 0.717) is 18.9 Å². The van der Waals surface area contributed by atoms with E-state index in [1.165, 1.54) is 0 Å². The highest BCUT2D eigenvalue weighted by atomic mass is 19.4. The first kappa shape index (κ1) is 16.2. The van der Waals surface area contributed by atoms with Crippen LogP contribution in [-0.4, -0.2) is 11.7 Å². The summed E-state index contributed by atoms with van der Waals surface area (Å²) in [6.45, 7) is 0.173. The highest BCUT2D eigenvalue weighted by molar-refractivity contribution is 5.29. The Bertz CT molecular complexity index is 495. The Balaban J connectivity index is 2.38. The van der Waals surface area contributed by atoms with Gasteiger partial charge in [0.15, 0.2) is 0 Å². The highest BCUT2D eigenvalue weighted by Crippen LogP contribution is 2.46. The lowest BCUT2D eigenvalue weighted by Crippen LogP contribution is -2.38. The molecule has 0 bridgehead atoms. The lowest BCUT2D eigenvalue weighted by molar-refractivity contribution is -0.138. The summed E-state index contributed by atoms with van der Waals surface area (Å²) < 4.78 is 51.7. The lowest BCUT2D eigenvalue weighted by atomic mass is 9.68. The quantitative estimate of drug-likeness (QED) is 0.835. The summed E-state index contributed by atoms with van der Waals surface area (Å²) in [5.41, 5.74) is 3.97. The number of alkyl halides is 3. The second-order valence-corrected chi connectivity index (χ2v) is 5.80. The van der Waals surface area contributed by atoms with Crippen molar-refractivity contribution in [2.24, 2.45) is 11.1 Å². The molecule has 1 unspecified atom stereocenters. The molecule has 1 aliphatic rings. The van der Waals surface area contributed by atoms with Gasteiger partial charge in [-0.25, -0.2) is 4.39 Å². The highest BCUT2D eigenvalue weighted by Gasteiger charge is 2.40. The van der Waals surface area contributed by atoms with Gasteiger partial charge in [-0.1, -0.05) is 19.3 Å². The molecule has 1 saturated carbocycles. The standard InChI is InChI=1S/C15H19F4NO/c16-12-7-10(6-11(8-12)15(17,18)19)13(21)14(9-20)4-2-1-3-5-14/h6-8,13,21H,1-5,9,20H2. The van der Waals surface area contributed by atoms with Gasteiger partial charge in [0.2, 0.25) is 0 Å². The third kappa shape index (κ3) is 3.37. The van der Waals surface area contributed by atoms with Gasteiger partial charge < -0.3 is 10.8 Å². The topological polar surface area (TPSA) is 46.2 Å². The van der Waals surface area contributed by atoms with Gasteiger partial charge in [-0.2, -0.15) is 13.2 Å². The second kappa shape index (κ2) is 5.93. The number of benzene rings is 1. The van der Waals surface area contributed by atoms with Gasteiger partial charge in [0.25, 0.3) is 0 Å². The minimum Gasteiger partial charge on any atom is -0.388 e. The summed E-state index contributed by atoms with van der Waals surface area (Å²) in [7, 11) is 0. The third-order valence-electron chi connectivity index (χ3n) is 4.40. The maximum Gasteiger partial charge on any atom is 0.416 e. The van der Waals surface area contributed by atoms with Crippen LogP contribution in [0.2, 0.25) is 0 Å². The maximum absolute atomic E-state index is 13.5. The predicted molar refractivity (Wildman–Crippen MR) is 70.9 cm³/mol. The van der Waals surface area contributed by atoms with Crippen LogP contribution in [0.3, 0.4) is 0 Å². The van der Waals surface area contributed by atoms with Crippen molar-refractivity contribution >= 4 is 0 Å². The van der Waals surface area contributed by atoms with Crippen molar-refractivity contribution in [1.82, 2.24) is 0 Å². The van der Waals surface area contributed by atoms with E-state index in [9.17, 15) is 22.7 Å². The zero-order valence-corrected chi connectivity index (χ0v) is 11.6. The molecule has 0 amide bonds. The third-order valence-corrected chi connectivity index (χ3v) is 4.40. The average molecular weight is 305 g/mol. The SMILES string of the molecule is NCC1(C(O)c2cc(F)cc(C(F)(F)F)c2)CCCCC1. The number of rotatable bonds is 3. The van der Waals surface area contributed by atoms with E-state index >= 15 is 0 Å². The largest absolute Gasteiger partial charge is 0.416 e. The molecular formula is C15H19F4NO. The molecule has 3 N–H and O–H groups in total. The molecular weight excluding hydrogens is 286 g/mol. The zero-order chi connectivity index (χ0) is 15.7. The van der Waals surface area contributed by atoms with E-state index in [-0.39, 0.29) is 12.1 Å². The minimum atomic E-state index is -4.64. The van der Waals surface area contributed by atoms with Crippen LogP contribution in [0.4, 0.5) is 17.6 Å². The average Bonchev–Trinajstić information content (AvgIpc) is 2.45. The van der Waals surface area contributed by atoms with Crippen LogP contribution < -0.4 is 5.73 Å². The van der Waals surface area contributed by atoms with Crippen molar-refractivity contribution < 1.29 is 22.7 Å². The number of aliphatic hydroxyl groups is 1. The number of hydrogen-bond acceptors (Lipinski definition) is 2. The first-order chi connectivity index (χ1) is 9.78. The van der Waals surface area contributed by atoms with Crippen LogP contribution in [-0.2, 0) is 6.18 Å². The van der Waals surface area contributed by atoms with Crippen molar-refractivity contribution in [3.8, 4) is 0 Å². The summed E-state index contributed by atoms with van der Waals surface area (Å²) in [5, 5.41) is 10.5. The Morgan fingerprint density at radius 1 is 1.14 bits per heavy atom. The fourth-order valence-corrected chi connectivity index (χ4v) is 3.13. The number of aliphatic hydroxyl groups excluding tert-OH is 1. The van der Waals surface area contributed by atoms with Gasteiger partial charge in [0.05, 0.1) is 11.7 Å². The van der Waals surface area contributed by atoms with Crippen LogP contribution in [0.1, 0.15) is 49.3 Å². The Morgan fingerprint density at radius 2 is 1.76 bits per heavy atom. The Labute approximate surface area is 121 Å². The van der Waals surface area contributed by atoms with Gasteiger partial charge in [-0.3, -0.25) is 0 Å². The molecule has 0 spiro atoms. The van der Waals surface area contributed by atoms with Gasteiger partial charge in [-0.05, 0) is 36.6 Å². The molecule has 1 aliphatic carbocycles. The summed E-state index contributed by atoms with van der Waals surface area (Å²) in [6, 6.07) is 2.22. The first-order valence-corrected chi connectivity index (χ1v) is 7.04. The van der Waals surface area contributed by atoms with Crippen molar-refractivity contribution in [2.75, 3.05) is 6.54 Å². The molecule has 1 aromatic carbocycles. The number of hydrogen-bond donors (Lipinski definition) is 2. The Hall–Kier alpha value is -1.14. The van der Waals surface area contributed by atoms with Crippen molar-refractivity contribution in [2.45, 2.75) is 44.4 Å². The van der Waals surface area contributed by atoms with Gasteiger partial charge in [0, 0.05) is 12.0 Å². The molecule has 2 rings (SSSR count). The van der Waals surface area contributed by atoms with Crippen molar-refractivity contribution in [3.63, 3.8) is 0 Å². The van der Waals surface area contributed by atoms with E-state index in [1.807, 2.05) is 0 Å². The summed E-state index contributed by atoms with van der Waals surface area (Å²) in [6.07, 6.45) is -1.78. The Morgan fingerprint density at radius 3 is 2.29 bits per heavy atom. The van der Waals surface area contributed by atoms with Gasteiger partial charge in [0.1, 0.15) is 5.82 Å². The van der Waals surface area contributed by atoms with Crippen molar-refractivity contribution in [1.29, 1.82) is 0 Å². The van der Waals surface area contributed by atoms with Crippen LogP contribution in [0.5, 0.6) is 0 Å². The van der Waals surface area contributed by atoms with Crippen LogP contribution in [0, 0.1) is 11.2 Å². The van der Waals surface area contributed by atoms with Gasteiger partial charge in [-0.15, -0.1) is 0 Å². The summed E-state index contributed by atoms with van der Waals surface area (Å²) in [5.74, 6) is -0.998. The predicted octanol–water partition coefficient (Wildman–Crippen LogP) is 3.79. The molecule has 0 aliphatic heterocycles. The maximum atomic E-state index is 13.5. The zero-order valence-electron chi connectivity index (χ0n) is 11.6. The fourth-order valence-electron chi connectivity index (χ4n) is 3.13. The van der Waals surface area contributed by atoms with E-state index < -0.39 is 29.1 Å². The molecule has 6 heteroatoms. The molecule has 0 saturated heterocycles. The smallest absolute Gasteiger partial charge is 0.388 e.